The van der Waals surface area contributed by atoms with Crippen LogP contribution in [-0.4, -0.2) is 15.5 Å². The highest BCUT2D eigenvalue weighted by Gasteiger charge is 2.17. The van der Waals surface area contributed by atoms with Gasteiger partial charge in [0.1, 0.15) is 17.2 Å². The Kier molecular flexibility index (Phi) is 4.89. The molecule has 0 saturated carbocycles. The summed E-state index contributed by atoms with van der Waals surface area (Å²) in [6.07, 6.45) is 1.84. The second-order valence-corrected chi connectivity index (χ2v) is 6.72. The summed E-state index contributed by atoms with van der Waals surface area (Å²) in [7, 11) is 0. The number of nitrogens with two attached hydrogens (primary N) is 1. The molecule has 0 aliphatic rings. The van der Waals surface area contributed by atoms with Gasteiger partial charge in [-0.2, -0.15) is 0 Å². The van der Waals surface area contributed by atoms with Crippen LogP contribution in [0, 0.1) is 5.82 Å². The Bertz CT molecular complexity index is 1120. The lowest BCUT2D eigenvalue weighted by molar-refractivity contribution is 0.100. The Balaban J connectivity index is 1.75. The molecule has 28 heavy (non-hydrogen) atoms. The van der Waals surface area contributed by atoms with Gasteiger partial charge in [-0.25, -0.2) is 9.37 Å². The molecule has 140 valence electrons. The molecule has 1 aromatic heterocycles. The quantitative estimate of drug-likeness (QED) is 0.538. The van der Waals surface area contributed by atoms with Gasteiger partial charge >= 0.3 is 0 Å². The molecule has 0 atom stereocenters. The van der Waals surface area contributed by atoms with E-state index in [9.17, 15) is 9.18 Å². The van der Waals surface area contributed by atoms with Crippen LogP contribution in [0.5, 0.6) is 0 Å². The number of rotatable bonds is 6. The Morgan fingerprint density at radius 2 is 1.71 bits per heavy atom. The van der Waals surface area contributed by atoms with Gasteiger partial charge in [0.2, 0.25) is 0 Å². The average Bonchev–Trinajstić information content (AvgIpc) is 3.08. The van der Waals surface area contributed by atoms with Gasteiger partial charge in [0, 0.05) is 12.1 Å². The van der Waals surface area contributed by atoms with Crippen molar-refractivity contribution < 1.29 is 9.18 Å². The molecule has 3 aromatic carbocycles. The van der Waals surface area contributed by atoms with E-state index in [2.05, 4.69) is 16.7 Å². The van der Waals surface area contributed by atoms with Crippen LogP contribution in [0.3, 0.4) is 0 Å². The van der Waals surface area contributed by atoms with Gasteiger partial charge in [-0.15, -0.1) is 0 Å². The van der Waals surface area contributed by atoms with Crippen LogP contribution in [-0.2, 0) is 13.0 Å². The molecule has 1 amide bonds. The number of hydrogen-bond donors (Lipinski definition) is 1. The summed E-state index contributed by atoms with van der Waals surface area (Å²) < 4.78 is 15.5. The molecule has 0 aliphatic carbocycles. The van der Waals surface area contributed by atoms with Crippen LogP contribution in [0.25, 0.3) is 22.4 Å². The Labute approximate surface area is 162 Å². The van der Waals surface area contributed by atoms with Crippen molar-refractivity contribution >= 4 is 16.9 Å². The fraction of sp³-hybridized carbons (Fsp3) is 0.130. The van der Waals surface area contributed by atoms with Crippen LogP contribution in [0.2, 0.25) is 0 Å². The van der Waals surface area contributed by atoms with Gasteiger partial charge in [0.05, 0.1) is 11.1 Å². The van der Waals surface area contributed by atoms with Gasteiger partial charge in [-0.05, 0) is 54.8 Å². The van der Waals surface area contributed by atoms with E-state index in [1.54, 1.807) is 18.2 Å². The number of carbonyl (C=O) groups excluding carboxylic acids is 1. The molecule has 2 N–H and O–H groups in total. The summed E-state index contributed by atoms with van der Waals surface area (Å²) in [5.74, 6) is -0.102. The first-order valence-corrected chi connectivity index (χ1v) is 9.22. The van der Waals surface area contributed by atoms with Crippen LogP contribution in [0.1, 0.15) is 22.3 Å². The van der Waals surface area contributed by atoms with Crippen molar-refractivity contribution in [2.45, 2.75) is 19.4 Å². The van der Waals surface area contributed by atoms with Gasteiger partial charge in [-0.3, -0.25) is 4.79 Å². The van der Waals surface area contributed by atoms with Gasteiger partial charge in [0.25, 0.3) is 5.91 Å². The number of fused-ring (bicyclic) bond motifs is 1. The number of aromatic nitrogens is 2. The fourth-order valence-electron chi connectivity index (χ4n) is 3.48. The zero-order valence-corrected chi connectivity index (χ0v) is 15.3. The van der Waals surface area contributed by atoms with Crippen molar-refractivity contribution in [3.8, 4) is 11.4 Å². The van der Waals surface area contributed by atoms with Crippen LogP contribution >= 0.6 is 0 Å². The first kappa shape index (κ1) is 17.9. The first-order valence-electron chi connectivity index (χ1n) is 9.22. The molecule has 0 unspecified atom stereocenters. The summed E-state index contributed by atoms with van der Waals surface area (Å²) in [4.78, 5) is 16.5. The van der Waals surface area contributed by atoms with E-state index in [1.807, 2.05) is 30.3 Å². The molecule has 4 aromatic rings. The third-order valence-corrected chi connectivity index (χ3v) is 4.84. The zero-order valence-electron chi connectivity index (χ0n) is 15.3. The molecule has 0 fully saturated rings. The van der Waals surface area contributed by atoms with E-state index in [1.165, 1.54) is 17.7 Å². The molecule has 0 aliphatic heterocycles. The van der Waals surface area contributed by atoms with E-state index in [4.69, 9.17) is 10.7 Å². The highest BCUT2D eigenvalue weighted by atomic mass is 19.1. The molecule has 4 rings (SSSR count). The summed E-state index contributed by atoms with van der Waals surface area (Å²) in [5.41, 5.74) is 9.43. The number of aryl methyl sites for hydroxylation is 2. The maximum atomic E-state index is 13.4. The Morgan fingerprint density at radius 3 is 2.43 bits per heavy atom. The molecular formula is C23H20FN3O. The van der Waals surface area contributed by atoms with E-state index in [0.29, 0.717) is 16.9 Å². The highest BCUT2D eigenvalue weighted by molar-refractivity contribution is 6.04. The summed E-state index contributed by atoms with van der Waals surface area (Å²) in [6.45, 7) is 0.723. The van der Waals surface area contributed by atoms with Crippen molar-refractivity contribution in [1.82, 2.24) is 9.55 Å². The van der Waals surface area contributed by atoms with E-state index < -0.39 is 5.91 Å². The van der Waals surface area contributed by atoms with E-state index >= 15 is 0 Å². The second-order valence-electron chi connectivity index (χ2n) is 6.72. The SMILES string of the molecule is NC(=O)c1cccc2c1nc(-c1ccc(F)cc1)n2CCCc1ccccc1. The van der Waals surface area contributed by atoms with Crippen LogP contribution < -0.4 is 5.73 Å². The number of primary amides is 1. The lowest BCUT2D eigenvalue weighted by atomic mass is 10.1. The number of amides is 1. The smallest absolute Gasteiger partial charge is 0.250 e. The van der Waals surface area contributed by atoms with Crippen molar-refractivity contribution in [1.29, 1.82) is 0 Å². The molecule has 4 nitrogen and oxygen atoms in total. The lowest BCUT2D eigenvalue weighted by Gasteiger charge is -2.10. The zero-order chi connectivity index (χ0) is 19.5. The van der Waals surface area contributed by atoms with Crippen molar-refractivity contribution in [3.63, 3.8) is 0 Å². The van der Waals surface area contributed by atoms with E-state index in [0.717, 1.165) is 30.5 Å². The van der Waals surface area contributed by atoms with Crippen molar-refractivity contribution in [2.24, 2.45) is 5.73 Å². The third-order valence-electron chi connectivity index (χ3n) is 4.84. The Morgan fingerprint density at radius 1 is 0.964 bits per heavy atom. The number of carbonyl (C=O) groups is 1. The lowest BCUT2D eigenvalue weighted by Crippen LogP contribution is -2.11. The highest BCUT2D eigenvalue weighted by Crippen LogP contribution is 2.27. The standard InChI is InChI=1S/C23H20FN3O/c24-18-13-11-17(12-14-18)23-26-21-19(22(25)28)9-4-10-20(21)27(23)15-5-8-16-6-2-1-3-7-16/h1-4,6-7,9-14H,5,8,15H2,(H2,25,28). The predicted molar refractivity (Wildman–Crippen MR) is 108 cm³/mol. The number of halogens is 1. The summed E-state index contributed by atoms with van der Waals surface area (Å²) in [6, 6.07) is 22.0. The van der Waals surface area contributed by atoms with E-state index in [-0.39, 0.29) is 5.82 Å². The molecule has 0 bridgehead atoms. The molecule has 0 saturated heterocycles. The summed E-state index contributed by atoms with van der Waals surface area (Å²) in [5, 5.41) is 0. The van der Waals surface area contributed by atoms with Crippen molar-refractivity contribution in [2.75, 3.05) is 0 Å². The molecule has 0 spiro atoms. The minimum absolute atomic E-state index is 0.298. The minimum atomic E-state index is -0.509. The number of benzene rings is 3. The number of imidazole rings is 1. The topological polar surface area (TPSA) is 60.9 Å². The molecule has 1 heterocycles. The van der Waals surface area contributed by atoms with Gasteiger partial charge in [-0.1, -0.05) is 36.4 Å². The van der Waals surface area contributed by atoms with Crippen molar-refractivity contribution in [3.05, 3.63) is 89.7 Å². The molecule has 5 heteroatoms. The maximum absolute atomic E-state index is 13.4. The monoisotopic (exact) mass is 373 g/mol. The van der Waals surface area contributed by atoms with Gasteiger partial charge < -0.3 is 10.3 Å². The fourth-order valence-corrected chi connectivity index (χ4v) is 3.48. The molecule has 0 radical (unpaired) electrons. The molecular weight excluding hydrogens is 353 g/mol. The number of hydrogen-bond acceptors (Lipinski definition) is 2. The van der Waals surface area contributed by atoms with Crippen LogP contribution in [0.15, 0.2) is 72.8 Å². The van der Waals surface area contributed by atoms with Crippen LogP contribution in [0.4, 0.5) is 4.39 Å². The maximum Gasteiger partial charge on any atom is 0.250 e. The number of para-hydroxylation sites is 1. The largest absolute Gasteiger partial charge is 0.366 e. The minimum Gasteiger partial charge on any atom is -0.366 e. The second kappa shape index (κ2) is 7.64. The van der Waals surface area contributed by atoms with Gasteiger partial charge in [0.15, 0.2) is 0 Å². The Hall–Kier alpha value is -3.47. The average molecular weight is 373 g/mol. The number of nitrogens with zero attached hydrogens (tertiary/aromatic N) is 2. The normalized spacial score (nSPS) is 11.0. The first-order chi connectivity index (χ1) is 13.6. The third kappa shape index (κ3) is 3.51. The predicted octanol–water partition coefficient (Wildman–Crippen LogP) is 4.57. The summed E-state index contributed by atoms with van der Waals surface area (Å²) >= 11 is 0.